The van der Waals surface area contributed by atoms with E-state index in [-0.39, 0.29) is 11.5 Å². The van der Waals surface area contributed by atoms with Crippen LogP contribution in [0.15, 0.2) is 35.3 Å². The van der Waals surface area contributed by atoms with Crippen molar-refractivity contribution in [3.8, 4) is 0 Å². The number of H-pyrrole nitrogens is 1. The zero-order chi connectivity index (χ0) is 19.4. The highest BCUT2D eigenvalue weighted by atomic mass is 32.1. The Bertz CT molecular complexity index is 1210. The van der Waals surface area contributed by atoms with Crippen molar-refractivity contribution in [1.29, 1.82) is 0 Å². The van der Waals surface area contributed by atoms with Crippen LogP contribution < -0.4 is 10.5 Å². The van der Waals surface area contributed by atoms with E-state index in [1.165, 1.54) is 24.0 Å². The normalized spacial score (nSPS) is 18.6. The maximum absolute atomic E-state index is 12.6. The third kappa shape index (κ3) is 2.85. The summed E-state index contributed by atoms with van der Waals surface area (Å²) in [5.41, 5.74) is 1.71. The molecule has 4 heterocycles. The molecule has 4 aromatic rings. The van der Waals surface area contributed by atoms with Gasteiger partial charge >= 0.3 is 0 Å². The van der Waals surface area contributed by atoms with Crippen molar-refractivity contribution in [3.63, 3.8) is 0 Å². The molecule has 2 fully saturated rings. The molecule has 1 N–H and O–H groups in total. The second kappa shape index (κ2) is 6.66. The van der Waals surface area contributed by atoms with Crippen LogP contribution >= 0.6 is 11.3 Å². The molecule has 1 saturated heterocycles. The number of nitrogens with one attached hydrogen (secondary N) is 1. The van der Waals surface area contributed by atoms with E-state index in [0.717, 1.165) is 48.1 Å². The molecule has 3 aromatic heterocycles. The van der Waals surface area contributed by atoms with Crippen molar-refractivity contribution in [2.75, 3.05) is 18.0 Å². The van der Waals surface area contributed by atoms with Crippen LogP contribution in [0.1, 0.15) is 49.9 Å². The van der Waals surface area contributed by atoms with E-state index < -0.39 is 0 Å². The molecule has 0 amide bonds. The number of nitrogens with zero attached hydrogens (tertiary/aromatic N) is 5. The number of fused-ring (bicyclic) bond motifs is 2. The molecule has 1 aliphatic heterocycles. The Morgan fingerprint density at radius 2 is 1.90 bits per heavy atom. The van der Waals surface area contributed by atoms with Gasteiger partial charge in [-0.15, -0.1) is 0 Å². The number of anilines is 1. The summed E-state index contributed by atoms with van der Waals surface area (Å²) in [4.78, 5) is 27.5. The first-order valence-corrected chi connectivity index (χ1v) is 11.2. The fraction of sp³-hybridized carbons (Fsp3) is 0.429. The van der Waals surface area contributed by atoms with E-state index in [0.29, 0.717) is 11.4 Å². The van der Waals surface area contributed by atoms with Crippen molar-refractivity contribution >= 4 is 37.7 Å². The van der Waals surface area contributed by atoms with Crippen LogP contribution in [0, 0.1) is 0 Å². The molecule has 29 heavy (non-hydrogen) atoms. The van der Waals surface area contributed by atoms with Crippen molar-refractivity contribution in [3.05, 3.63) is 46.6 Å². The average Bonchev–Trinajstić information content (AvgIpc) is 3.32. The van der Waals surface area contributed by atoms with E-state index in [1.807, 2.05) is 22.9 Å². The van der Waals surface area contributed by atoms with E-state index in [4.69, 9.17) is 9.97 Å². The minimum Gasteiger partial charge on any atom is -0.346 e. The van der Waals surface area contributed by atoms with Gasteiger partial charge in [-0.1, -0.05) is 42.7 Å². The first-order valence-electron chi connectivity index (χ1n) is 10.3. The van der Waals surface area contributed by atoms with Gasteiger partial charge in [-0.25, -0.2) is 14.6 Å². The smallest absolute Gasteiger partial charge is 0.262 e. The van der Waals surface area contributed by atoms with E-state index in [1.54, 1.807) is 17.5 Å². The van der Waals surface area contributed by atoms with Gasteiger partial charge in [0, 0.05) is 13.1 Å². The quantitative estimate of drug-likeness (QED) is 0.559. The first-order chi connectivity index (χ1) is 14.3. The number of benzene rings is 1. The molecule has 6 rings (SSSR count). The maximum atomic E-state index is 12.6. The summed E-state index contributed by atoms with van der Waals surface area (Å²) in [7, 11) is 0. The summed E-state index contributed by atoms with van der Waals surface area (Å²) in [6.07, 6.45) is 7.65. The highest BCUT2D eigenvalue weighted by molar-refractivity contribution is 7.22. The molecule has 0 atom stereocenters. The summed E-state index contributed by atoms with van der Waals surface area (Å²) in [5.74, 6) is 0.992. The predicted molar refractivity (Wildman–Crippen MR) is 115 cm³/mol. The van der Waals surface area contributed by atoms with Gasteiger partial charge in [0.1, 0.15) is 11.2 Å². The molecule has 148 valence electrons. The highest BCUT2D eigenvalue weighted by Crippen LogP contribution is 2.36. The Morgan fingerprint density at radius 1 is 1.07 bits per heavy atom. The molecular weight excluding hydrogens is 384 g/mol. The Kier molecular flexibility index (Phi) is 3.94. The number of rotatable bonds is 3. The topological polar surface area (TPSA) is 79.7 Å². The number of hydrogen-bond donors (Lipinski definition) is 1. The minimum atomic E-state index is -0.0782. The molecule has 0 bridgehead atoms. The highest BCUT2D eigenvalue weighted by Gasteiger charge is 2.33. The monoisotopic (exact) mass is 406 g/mol. The second-order valence-electron chi connectivity index (χ2n) is 8.14. The Morgan fingerprint density at radius 3 is 2.72 bits per heavy atom. The summed E-state index contributed by atoms with van der Waals surface area (Å²) in [6, 6.07) is 8.58. The van der Waals surface area contributed by atoms with Gasteiger partial charge in [-0.3, -0.25) is 4.79 Å². The largest absolute Gasteiger partial charge is 0.346 e. The number of aromatic nitrogens is 5. The number of hydrogen-bond acceptors (Lipinski definition) is 6. The zero-order valence-corrected chi connectivity index (χ0v) is 16.9. The molecule has 1 saturated carbocycles. The summed E-state index contributed by atoms with van der Waals surface area (Å²) in [6.45, 7) is 1.65. The van der Waals surface area contributed by atoms with Gasteiger partial charge in [0.05, 0.1) is 28.4 Å². The van der Waals surface area contributed by atoms with Gasteiger partial charge in [0.25, 0.3) is 5.56 Å². The molecule has 0 radical (unpaired) electrons. The molecule has 1 aliphatic carbocycles. The molecular formula is C21H22N6OS. The van der Waals surface area contributed by atoms with Gasteiger partial charge < -0.3 is 9.88 Å². The third-order valence-electron chi connectivity index (χ3n) is 6.22. The lowest BCUT2D eigenvalue weighted by Crippen LogP contribution is -2.46. The fourth-order valence-corrected chi connectivity index (χ4v) is 5.53. The van der Waals surface area contributed by atoms with Gasteiger partial charge in [-0.05, 0) is 25.0 Å². The first kappa shape index (κ1) is 17.1. The summed E-state index contributed by atoms with van der Waals surface area (Å²) < 4.78 is 3.20. The van der Waals surface area contributed by atoms with Crippen LogP contribution in [-0.2, 0) is 0 Å². The van der Waals surface area contributed by atoms with Gasteiger partial charge in [0.15, 0.2) is 10.8 Å². The molecule has 7 nitrogen and oxygen atoms in total. The lowest BCUT2D eigenvalue weighted by Gasteiger charge is -2.38. The minimum absolute atomic E-state index is 0.0782. The number of aromatic amines is 1. The summed E-state index contributed by atoms with van der Waals surface area (Å²) in [5, 5.41) is 6.17. The molecule has 8 heteroatoms. The Labute approximate surface area is 171 Å². The van der Waals surface area contributed by atoms with Crippen LogP contribution in [0.5, 0.6) is 0 Å². The van der Waals surface area contributed by atoms with Crippen molar-refractivity contribution in [1.82, 2.24) is 24.7 Å². The molecule has 0 spiro atoms. The van der Waals surface area contributed by atoms with Crippen molar-refractivity contribution < 1.29 is 0 Å². The van der Waals surface area contributed by atoms with Crippen molar-refractivity contribution in [2.24, 2.45) is 0 Å². The lowest BCUT2D eigenvalue weighted by atomic mass is 9.96. The Balaban J connectivity index is 1.28. The van der Waals surface area contributed by atoms with E-state index >= 15 is 0 Å². The standard InChI is InChI=1S/C21H22N6OS/c28-20-15-10-22-27(14-6-2-1-3-7-14)19(15)24-18(25-20)13-11-26(12-13)21-23-16-8-4-5-9-17(16)29-21/h4-5,8-10,13-14H,1-3,6-7,11-12H2,(H,24,25,28). The Hall–Kier alpha value is -2.74. The second-order valence-corrected chi connectivity index (χ2v) is 9.14. The maximum Gasteiger partial charge on any atom is 0.262 e. The summed E-state index contributed by atoms with van der Waals surface area (Å²) >= 11 is 1.72. The van der Waals surface area contributed by atoms with Crippen LogP contribution in [-0.4, -0.2) is 37.8 Å². The lowest BCUT2D eigenvalue weighted by molar-refractivity contribution is 0.335. The van der Waals surface area contributed by atoms with Crippen LogP contribution in [0.25, 0.3) is 21.3 Å². The molecule has 2 aliphatic rings. The van der Waals surface area contributed by atoms with Crippen LogP contribution in [0.3, 0.4) is 0 Å². The molecule has 1 aromatic carbocycles. The zero-order valence-electron chi connectivity index (χ0n) is 16.0. The third-order valence-corrected chi connectivity index (χ3v) is 7.32. The van der Waals surface area contributed by atoms with E-state index in [2.05, 4.69) is 21.0 Å². The predicted octanol–water partition coefficient (Wildman–Crippen LogP) is 3.84. The molecule has 0 unspecified atom stereocenters. The SMILES string of the molecule is O=c1[nH]c(C2CN(c3nc4ccccc4s3)C2)nc2c1cnn2C1CCCCC1. The van der Waals surface area contributed by atoms with Crippen LogP contribution in [0.2, 0.25) is 0 Å². The fourth-order valence-electron chi connectivity index (χ4n) is 4.54. The average molecular weight is 407 g/mol. The van der Waals surface area contributed by atoms with Gasteiger partial charge in [-0.2, -0.15) is 5.10 Å². The van der Waals surface area contributed by atoms with Crippen LogP contribution in [0.4, 0.5) is 5.13 Å². The number of thiazole rings is 1. The van der Waals surface area contributed by atoms with Crippen molar-refractivity contribution in [2.45, 2.75) is 44.1 Å². The number of para-hydroxylation sites is 1. The van der Waals surface area contributed by atoms with Gasteiger partial charge in [0.2, 0.25) is 0 Å². The van der Waals surface area contributed by atoms with E-state index in [9.17, 15) is 4.79 Å².